The zero-order valence-electron chi connectivity index (χ0n) is 6.19. The van der Waals surface area contributed by atoms with Crippen LogP contribution >= 0.6 is 11.6 Å². The Morgan fingerprint density at radius 1 is 1.70 bits per heavy atom. The number of hydrogen-bond donors (Lipinski definition) is 0. The van der Waals surface area contributed by atoms with Crippen LogP contribution in [0.2, 0.25) is 0 Å². The van der Waals surface area contributed by atoms with Gasteiger partial charge in [0, 0.05) is 10.6 Å². The Labute approximate surface area is 66.6 Å². The highest BCUT2D eigenvalue weighted by Crippen LogP contribution is 2.07. The Balaban J connectivity index is 4.15. The number of rotatable bonds is 2. The Bertz CT molecular complexity index is 196. The molecule has 0 spiro atoms. The summed E-state index contributed by atoms with van der Waals surface area (Å²) in [5.41, 5.74) is 0.634. The third-order valence-corrected chi connectivity index (χ3v) is 1.19. The molecule has 2 heteroatoms. The quantitative estimate of drug-likeness (QED) is 0.444. The fourth-order valence-corrected chi connectivity index (χ4v) is 0.811. The fourth-order valence-electron chi connectivity index (χ4n) is 0.493. The van der Waals surface area contributed by atoms with Gasteiger partial charge in [-0.3, -0.25) is 0 Å². The average Bonchev–Trinajstić information content (AvgIpc) is 1.88. The summed E-state index contributed by atoms with van der Waals surface area (Å²) in [6.45, 7) is 3.73. The molecule has 0 saturated heterocycles. The van der Waals surface area contributed by atoms with Crippen LogP contribution in [0.25, 0.3) is 0 Å². The average molecular weight is 156 g/mol. The minimum Gasteiger partial charge on any atom is -0.193 e. The van der Waals surface area contributed by atoms with Crippen molar-refractivity contribution >= 4 is 11.6 Å². The third-order valence-electron chi connectivity index (χ3n) is 0.930. The molecule has 0 radical (unpaired) electrons. The van der Waals surface area contributed by atoms with Crippen molar-refractivity contribution in [2.24, 2.45) is 0 Å². The number of nitrogens with zero attached hydrogens (tertiary/aromatic N) is 1. The summed E-state index contributed by atoms with van der Waals surface area (Å²) in [6, 6.07) is 1.99. The molecule has 0 amide bonds. The second-order valence-corrected chi connectivity index (χ2v) is 2.37. The van der Waals surface area contributed by atoms with Gasteiger partial charge in [0.2, 0.25) is 0 Å². The first kappa shape index (κ1) is 9.26. The maximum absolute atomic E-state index is 8.35. The van der Waals surface area contributed by atoms with Gasteiger partial charge in [-0.15, -0.1) is 0 Å². The van der Waals surface area contributed by atoms with Gasteiger partial charge in [-0.05, 0) is 19.4 Å². The minimum absolute atomic E-state index is 0.634. The summed E-state index contributed by atoms with van der Waals surface area (Å²) >= 11 is 5.69. The summed E-state index contributed by atoms with van der Waals surface area (Å²) in [5.74, 6) is 0. The molecule has 0 aliphatic heterocycles. The van der Waals surface area contributed by atoms with E-state index in [1.807, 2.05) is 19.1 Å². The highest BCUT2D eigenvalue weighted by Gasteiger charge is 1.86. The van der Waals surface area contributed by atoms with E-state index in [0.717, 1.165) is 6.42 Å². The van der Waals surface area contributed by atoms with Gasteiger partial charge in [0.05, 0.1) is 6.07 Å². The van der Waals surface area contributed by atoms with Crippen LogP contribution in [0.15, 0.2) is 22.8 Å². The smallest absolute Gasteiger partial charge is 0.0944 e. The van der Waals surface area contributed by atoms with Gasteiger partial charge in [0.1, 0.15) is 0 Å². The van der Waals surface area contributed by atoms with Crippen molar-refractivity contribution in [3.63, 3.8) is 0 Å². The molecule has 54 valence electrons. The van der Waals surface area contributed by atoms with Crippen molar-refractivity contribution in [1.29, 1.82) is 5.26 Å². The molecule has 0 bridgehead atoms. The summed E-state index contributed by atoms with van der Waals surface area (Å²) in [6.07, 6.45) is 4.42. The third kappa shape index (κ3) is 4.17. The predicted octanol–water partition coefficient (Wildman–Crippen LogP) is 2.99. The van der Waals surface area contributed by atoms with Gasteiger partial charge in [-0.1, -0.05) is 24.6 Å². The van der Waals surface area contributed by atoms with Crippen molar-refractivity contribution < 1.29 is 0 Å². The zero-order chi connectivity index (χ0) is 7.98. The van der Waals surface area contributed by atoms with E-state index in [9.17, 15) is 0 Å². The molecule has 0 unspecified atom stereocenters. The highest BCUT2D eigenvalue weighted by atomic mass is 35.5. The van der Waals surface area contributed by atoms with E-state index in [1.54, 1.807) is 13.0 Å². The predicted molar refractivity (Wildman–Crippen MR) is 43.6 cm³/mol. The van der Waals surface area contributed by atoms with Crippen LogP contribution in [-0.4, -0.2) is 0 Å². The van der Waals surface area contributed by atoms with E-state index in [0.29, 0.717) is 10.6 Å². The summed E-state index contributed by atoms with van der Waals surface area (Å²) in [7, 11) is 0. The molecule has 0 aromatic heterocycles. The summed E-state index contributed by atoms with van der Waals surface area (Å²) in [4.78, 5) is 0. The van der Waals surface area contributed by atoms with Crippen LogP contribution in [0.4, 0.5) is 0 Å². The summed E-state index contributed by atoms with van der Waals surface area (Å²) < 4.78 is 0. The number of halogens is 1. The molecule has 0 atom stereocenters. The van der Waals surface area contributed by atoms with Crippen LogP contribution < -0.4 is 0 Å². The van der Waals surface area contributed by atoms with Crippen molar-refractivity contribution in [2.75, 3.05) is 0 Å². The molecule has 0 saturated carbocycles. The van der Waals surface area contributed by atoms with Crippen molar-refractivity contribution in [2.45, 2.75) is 20.3 Å². The van der Waals surface area contributed by atoms with E-state index >= 15 is 0 Å². The minimum atomic E-state index is 0.634. The monoisotopic (exact) mass is 155 g/mol. The number of allylic oxidation sites excluding steroid dienone is 4. The lowest BCUT2D eigenvalue weighted by Gasteiger charge is -1.86. The zero-order valence-corrected chi connectivity index (χ0v) is 6.94. The largest absolute Gasteiger partial charge is 0.193 e. The van der Waals surface area contributed by atoms with Crippen molar-refractivity contribution in [3.05, 3.63) is 22.8 Å². The molecule has 10 heavy (non-hydrogen) atoms. The molecule has 0 fully saturated rings. The molecule has 0 rings (SSSR count). The highest BCUT2D eigenvalue weighted by molar-refractivity contribution is 6.31. The van der Waals surface area contributed by atoms with E-state index in [2.05, 4.69) is 0 Å². The molecule has 0 aromatic rings. The molecule has 0 aliphatic carbocycles. The first-order valence-corrected chi connectivity index (χ1v) is 3.52. The van der Waals surface area contributed by atoms with E-state index in [-0.39, 0.29) is 0 Å². The second kappa shape index (κ2) is 5.08. The van der Waals surface area contributed by atoms with Crippen LogP contribution in [0.5, 0.6) is 0 Å². The molecular weight excluding hydrogens is 146 g/mol. The Morgan fingerprint density at radius 2 is 2.30 bits per heavy atom. The Morgan fingerprint density at radius 3 is 2.70 bits per heavy atom. The Kier molecular flexibility index (Phi) is 4.70. The molecule has 0 heterocycles. The van der Waals surface area contributed by atoms with E-state index in [1.165, 1.54) is 0 Å². The first-order chi connectivity index (χ1) is 4.70. The molecule has 0 aromatic carbocycles. The molecular formula is C8H10ClN. The molecule has 0 N–H and O–H groups in total. The van der Waals surface area contributed by atoms with Gasteiger partial charge in [-0.2, -0.15) is 5.26 Å². The van der Waals surface area contributed by atoms with E-state index in [4.69, 9.17) is 16.9 Å². The van der Waals surface area contributed by atoms with Crippen molar-refractivity contribution in [1.82, 2.24) is 0 Å². The standard InChI is InChI=1S/C8H10ClN/c1-3-4-8(9)5-7(2)6-10/h4-5H,3H2,1-2H3/b7-5+,8-4+. The van der Waals surface area contributed by atoms with Crippen molar-refractivity contribution in [3.8, 4) is 6.07 Å². The summed E-state index contributed by atoms with van der Waals surface area (Å²) in [5, 5.41) is 8.99. The van der Waals surface area contributed by atoms with Gasteiger partial charge in [0.15, 0.2) is 0 Å². The number of nitriles is 1. The number of hydrogen-bond acceptors (Lipinski definition) is 1. The fraction of sp³-hybridized carbons (Fsp3) is 0.375. The van der Waals surface area contributed by atoms with Crippen LogP contribution in [0, 0.1) is 11.3 Å². The van der Waals surface area contributed by atoms with Crippen LogP contribution in [-0.2, 0) is 0 Å². The lowest BCUT2D eigenvalue weighted by molar-refractivity contribution is 1.22. The van der Waals surface area contributed by atoms with Crippen LogP contribution in [0.1, 0.15) is 20.3 Å². The lowest BCUT2D eigenvalue weighted by atomic mass is 10.3. The maximum Gasteiger partial charge on any atom is 0.0944 e. The van der Waals surface area contributed by atoms with Gasteiger partial charge < -0.3 is 0 Å². The first-order valence-electron chi connectivity index (χ1n) is 3.14. The Hall–Kier alpha value is -0.740. The topological polar surface area (TPSA) is 23.8 Å². The van der Waals surface area contributed by atoms with Gasteiger partial charge in [-0.25, -0.2) is 0 Å². The van der Waals surface area contributed by atoms with E-state index < -0.39 is 0 Å². The van der Waals surface area contributed by atoms with Gasteiger partial charge >= 0.3 is 0 Å². The lowest BCUT2D eigenvalue weighted by Crippen LogP contribution is -1.69. The second-order valence-electron chi connectivity index (χ2n) is 1.94. The SMILES string of the molecule is CC/C=C(Cl)\C=C(/C)C#N. The van der Waals surface area contributed by atoms with Crippen LogP contribution in [0.3, 0.4) is 0 Å². The normalized spacial score (nSPS) is 13.0. The maximum atomic E-state index is 8.35. The molecule has 1 nitrogen and oxygen atoms in total. The molecule has 0 aliphatic rings. The van der Waals surface area contributed by atoms with Gasteiger partial charge in [0.25, 0.3) is 0 Å².